The van der Waals surface area contributed by atoms with Gasteiger partial charge in [-0.05, 0) is 75.7 Å². The van der Waals surface area contributed by atoms with Crippen LogP contribution in [0.25, 0.3) is 11.0 Å². The summed E-state index contributed by atoms with van der Waals surface area (Å²) in [5, 5.41) is 6.18. The number of nitrogens with zero attached hydrogens (tertiary/aromatic N) is 7. The van der Waals surface area contributed by atoms with Gasteiger partial charge in [0.1, 0.15) is 29.8 Å². The van der Waals surface area contributed by atoms with Crippen molar-refractivity contribution in [2.45, 2.75) is 32.0 Å². The molecule has 50 heavy (non-hydrogen) atoms. The summed E-state index contributed by atoms with van der Waals surface area (Å²) in [5.74, 6) is 1.56. The lowest BCUT2D eigenvalue weighted by molar-refractivity contribution is -0.137. The highest BCUT2D eigenvalue weighted by atomic mass is 31.2. The Morgan fingerprint density at radius 1 is 0.940 bits per heavy atom. The predicted octanol–water partition coefficient (Wildman–Crippen LogP) is 5.95. The minimum atomic E-state index is -4.76. The zero-order valence-electron chi connectivity index (χ0n) is 29.0. The number of aromatic nitrogens is 4. The van der Waals surface area contributed by atoms with Gasteiger partial charge in [0.15, 0.2) is 0 Å². The predicted molar refractivity (Wildman–Crippen MR) is 191 cm³/mol. The molecule has 3 aliphatic heterocycles. The zero-order chi connectivity index (χ0) is 35.4. The first-order valence-electron chi connectivity index (χ1n) is 16.9. The molecular weight excluding hydrogens is 666 g/mol. The van der Waals surface area contributed by atoms with Gasteiger partial charge < -0.3 is 29.7 Å². The van der Waals surface area contributed by atoms with Gasteiger partial charge in [-0.25, -0.2) is 4.98 Å². The van der Waals surface area contributed by atoms with Gasteiger partial charge in [-0.1, -0.05) is 0 Å². The Bertz CT molecular complexity index is 1930. The number of likely N-dealkylation sites (tertiary alicyclic amines) is 2. The van der Waals surface area contributed by atoms with Crippen LogP contribution in [0.1, 0.15) is 24.0 Å². The standard InChI is InChI=1S/C35H43F3N9O2P/c1-21-14-28(30(49-3)15-29(21)46-12-8-24(9-13-46)47-19-22-17-45(2)18-23(22)20-47)43-34-41-16-25(35(36,37)38)33(44-34)42-27-7-6-26-31(40-11-10-39-26)32(27)50(4,5)48/h6-7,10-11,14-16,22-24H,8-9,12-13,17-20H2,1-5H3,(H2,41,42,43,44)/t22-,23?/m1/s1. The number of nitrogens with one attached hydrogen (secondary N) is 2. The number of hydrogen-bond acceptors (Lipinski definition) is 11. The van der Waals surface area contributed by atoms with Gasteiger partial charge in [-0.3, -0.25) is 14.9 Å². The Balaban J connectivity index is 1.12. The van der Waals surface area contributed by atoms with Crippen molar-refractivity contribution >= 4 is 52.3 Å². The molecule has 1 unspecified atom stereocenters. The average Bonchev–Trinajstić information content (AvgIpc) is 3.61. The van der Waals surface area contributed by atoms with Gasteiger partial charge >= 0.3 is 6.18 Å². The molecule has 0 radical (unpaired) electrons. The minimum Gasteiger partial charge on any atom is -0.494 e. The maximum absolute atomic E-state index is 14.2. The van der Waals surface area contributed by atoms with Crippen molar-refractivity contribution in [1.29, 1.82) is 0 Å². The number of benzene rings is 2. The summed E-state index contributed by atoms with van der Waals surface area (Å²) in [6, 6.07) is 7.65. The molecule has 3 fully saturated rings. The van der Waals surface area contributed by atoms with Crippen LogP contribution in [-0.2, 0) is 10.7 Å². The van der Waals surface area contributed by atoms with E-state index in [0.717, 1.165) is 55.2 Å². The molecular formula is C35H43F3N9O2P. The highest BCUT2D eigenvalue weighted by Crippen LogP contribution is 2.43. The maximum Gasteiger partial charge on any atom is 0.421 e. The number of aryl methyl sites for hydroxylation is 1. The van der Waals surface area contributed by atoms with Crippen molar-refractivity contribution in [2.24, 2.45) is 11.8 Å². The lowest BCUT2D eigenvalue weighted by atomic mass is 10.0. The van der Waals surface area contributed by atoms with Crippen molar-refractivity contribution < 1.29 is 22.5 Å². The summed E-state index contributed by atoms with van der Waals surface area (Å²) < 4.78 is 61.8. The molecule has 2 N–H and O–H groups in total. The highest BCUT2D eigenvalue weighted by molar-refractivity contribution is 7.71. The molecule has 0 spiro atoms. The first kappa shape index (κ1) is 34.4. The third-order valence-corrected chi connectivity index (χ3v) is 11.8. The molecule has 0 amide bonds. The van der Waals surface area contributed by atoms with E-state index in [0.29, 0.717) is 28.5 Å². The average molecular weight is 710 g/mol. The number of piperidine rings is 1. The Morgan fingerprint density at radius 2 is 1.64 bits per heavy atom. The molecule has 11 nitrogen and oxygen atoms in total. The van der Waals surface area contributed by atoms with Crippen molar-refractivity contribution in [2.75, 3.05) is 82.3 Å². The monoisotopic (exact) mass is 709 g/mol. The van der Waals surface area contributed by atoms with E-state index in [-0.39, 0.29) is 16.9 Å². The molecule has 0 aliphatic carbocycles. The second-order valence-corrected chi connectivity index (χ2v) is 17.3. The van der Waals surface area contributed by atoms with E-state index in [1.54, 1.807) is 19.2 Å². The van der Waals surface area contributed by atoms with Crippen LogP contribution in [0.4, 0.5) is 42.0 Å². The Labute approximate surface area is 290 Å². The number of methoxy groups -OCH3 is 1. The largest absolute Gasteiger partial charge is 0.494 e. The van der Waals surface area contributed by atoms with E-state index in [1.807, 2.05) is 19.1 Å². The quantitative estimate of drug-likeness (QED) is 0.212. The number of hydrogen-bond donors (Lipinski definition) is 2. The molecule has 0 saturated carbocycles. The normalized spacial score (nSPS) is 20.8. The maximum atomic E-state index is 14.2. The van der Waals surface area contributed by atoms with E-state index in [9.17, 15) is 17.7 Å². The van der Waals surface area contributed by atoms with Crippen LogP contribution in [-0.4, -0.2) is 103 Å². The summed E-state index contributed by atoms with van der Waals surface area (Å²) >= 11 is 0. The van der Waals surface area contributed by atoms with E-state index >= 15 is 0 Å². The number of ether oxygens (including phenoxy) is 1. The zero-order valence-corrected chi connectivity index (χ0v) is 29.9. The number of anilines is 5. The molecule has 2 aromatic heterocycles. The lowest BCUT2D eigenvalue weighted by Crippen LogP contribution is -2.45. The Kier molecular flexibility index (Phi) is 9.15. The van der Waals surface area contributed by atoms with E-state index < -0.39 is 24.7 Å². The van der Waals surface area contributed by atoms with E-state index in [4.69, 9.17) is 4.74 Å². The third-order valence-electron chi connectivity index (χ3n) is 10.3. The fourth-order valence-corrected chi connectivity index (χ4v) is 9.37. The van der Waals surface area contributed by atoms with Crippen LogP contribution in [0.5, 0.6) is 5.75 Å². The summed E-state index contributed by atoms with van der Waals surface area (Å²) in [6.45, 7) is 11.8. The van der Waals surface area contributed by atoms with Crippen molar-refractivity contribution in [3.05, 3.63) is 54.0 Å². The second kappa shape index (κ2) is 13.3. The molecule has 3 aliphatic rings. The highest BCUT2D eigenvalue weighted by Gasteiger charge is 2.41. The molecule has 4 aromatic rings. The number of rotatable bonds is 8. The minimum absolute atomic E-state index is 0.0633. The summed E-state index contributed by atoms with van der Waals surface area (Å²) in [7, 11) is 0.746. The SMILES string of the molecule is COc1cc(N2CCC(N3CC4CN(C)C[C@@H]4C3)CC2)c(C)cc1Nc1ncc(C(F)(F)F)c(Nc2ccc3nccnc3c2P(C)(C)=O)n1. The van der Waals surface area contributed by atoms with Crippen LogP contribution in [0.3, 0.4) is 0 Å². The second-order valence-electron chi connectivity index (χ2n) is 14.2. The van der Waals surface area contributed by atoms with E-state index in [2.05, 4.69) is 52.3 Å². The Hall–Kier alpha value is -4.00. The van der Waals surface area contributed by atoms with Gasteiger partial charge in [-0.2, -0.15) is 18.2 Å². The van der Waals surface area contributed by atoms with Gasteiger partial charge in [0.25, 0.3) is 0 Å². The van der Waals surface area contributed by atoms with E-state index in [1.165, 1.54) is 51.9 Å². The molecule has 2 atom stereocenters. The van der Waals surface area contributed by atoms with Gasteiger partial charge in [0, 0.05) is 75.7 Å². The summed E-state index contributed by atoms with van der Waals surface area (Å²) in [4.78, 5) is 24.5. The molecule has 0 bridgehead atoms. The molecule has 266 valence electrons. The molecule has 2 aromatic carbocycles. The van der Waals surface area contributed by atoms with Gasteiger partial charge in [-0.15, -0.1) is 0 Å². The van der Waals surface area contributed by atoms with Crippen molar-refractivity contribution in [3.63, 3.8) is 0 Å². The van der Waals surface area contributed by atoms with Crippen LogP contribution in [0, 0.1) is 18.8 Å². The van der Waals surface area contributed by atoms with Crippen LogP contribution in [0.2, 0.25) is 0 Å². The smallest absolute Gasteiger partial charge is 0.421 e. The molecule has 15 heteroatoms. The molecule has 5 heterocycles. The summed E-state index contributed by atoms with van der Waals surface area (Å²) in [5.41, 5.74) is 2.55. The molecule has 3 saturated heterocycles. The van der Waals surface area contributed by atoms with Crippen LogP contribution in [0.15, 0.2) is 42.9 Å². The van der Waals surface area contributed by atoms with Crippen LogP contribution < -0.4 is 25.6 Å². The lowest BCUT2D eigenvalue weighted by Gasteiger charge is -2.39. The first-order valence-corrected chi connectivity index (χ1v) is 19.5. The number of alkyl halides is 3. The van der Waals surface area contributed by atoms with Crippen molar-refractivity contribution in [1.82, 2.24) is 29.7 Å². The Morgan fingerprint density at radius 3 is 2.30 bits per heavy atom. The fraction of sp³-hybridized carbons (Fsp3) is 0.486. The fourth-order valence-electron chi connectivity index (χ4n) is 7.98. The third kappa shape index (κ3) is 6.85. The van der Waals surface area contributed by atoms with Crippen molar-refractivity contribution in [3.8, 4) is 5.75 Å². The number of halogens is 3. The number of fused-ring (bicyclic) bond motifs is 2. The van der Waals surface area contributed by atoms with Gasteiger partial charge in [0.05, 0.1) is 29.3 Å². The first-order chi connectivity index (χ1) is 23.8. The topological polar surface area (TPSA) is 112 Å². The van der Waals surface area contributed by atoms with Gasteiger partial charge in [0.2, 0.25) is 5.95 Å². The molecule has 7 rings (SSSR count). The van der Waals surface area contributed by atoms with Crippen LogP contribution >= 0.6 is 7.14 Å². The summed E-state index contributed by atoms with van der Waals surface area (Å²) in [6.07, 6.45) is 1.14.